The lowest BCUT2D eigenvalue weighted by molar-refractivity contribution is 0.112. The predicted octanol–water partition coefficient (Wildman–Crippen LogP) is -0.00530. The smallest absolute Gasteiger partial charge is 0.0740 e. The summed E-state index contributed by atoms with van der Waals surface area (Å²) in [5.74, 6) is 0.843. The lowest BCUT2D eigenvalue weighted by Gasteiger charge is -2.02. The monoisotopic (exact) mass is 113 g/mol. The van der Waals surface area contributed by atoms with E-state index in [-0.39, 0.29) is 0 Å². The van der Waals surface area contributed by atoms with Crippen LogP contribution in [0.4, 0.5) is 0 Å². The van der Waals surface area contributed by atoms with Gasteiger partial charge < -0.3 is 10.1 Å². The van der Waals surface area contributed by atoms with Crippen molar-refractivity contribution in [2.75, 3.05) is 19.7 Å². The van der Waals surface area contributed by atoms with Crippen LogP contribution in [0.5, 0.6) is 0 Å². The molecule has 2 atom stereocenters. The first-order valence-electron chi connectivity index (χ1n) is 3.29. The summed E-state index contributed by atoms with van der Waals surface area (Å²) in [6, 6.07) is 0. The Morgan fingerprint density at radius 1 is 1.38 bits per heavy atom. The maximum absolute atomic E-state index is 5.41. The molecule has 2 aliphatic rings. The fourth-order valence-corrected chi connectivity index (χ4v) is 1.56. The highest BCUT2D eigenvalue weighted by Crippen LogP contribution is 2.22. The van der Waals surface area contributed by atoms with Crippen molar-refractivity contribution in [2.45, 2.75) is 12.5 Å². The van der Waals surface area contributed by atoms with E-state index in [9.17, 15) is 0 Å². The highest BCUT2D eigenvalue weighted by atomic mass is 16.5. The zero-order valence-corrected chi connectivity index (χ0v) is 4.89. The second-order valence-corrected chi connectivity index (χ2v) is 2.62. The van der Waals surface area contributed by atoms with Crippen molar-refractivity contribution in [3.8, 4) is 0 Å². The number of nitrogens with one attached hydrogen (secondary N) is 1. The van der Waals surface area contributed by atoms with Gasteiger partial charge in [-0.1, -0.05) is 0 Å². The van der Waals surface area contributed by atoms with E-state index in [0.29, 0.717) is 6.10 Å². The summed E-state index contributed by atoms with van der Waals surface area (Å²) in [6.07, 6.45) is 1.84. The molecule has 0 radical (unpaired) electrons. The molecule has 2 rings (SSSR count). The molecule has 2 fully saturated rings. The molecule has 2 aliphatic heterocycles. The zero-order valence-electron chi connectivity index (χ0n) is 4.89. The molecule has 2 saturated heterocycles. The molecule has 0 bridgehead atoms. The highest BCUT2D eigenvalue weighted by molar-refractivity contribution is 4.85. The highest BCUT2D eigenvalue weighted by Gasteiger charge is 2.31. The van der Waals surface area contributed by atoms with Gasteiger partial charge in [0.2, 0.25) is 0 Å². The van der Waals surface area contributed by atoms with Crippen molar-refractivity contribution in [1.82, 2.24) is 5.32 Å². The standard InChI is InChI=1S/C6H11NO/c1-2-8-6-4-7-3-5(1)6/h5-7H,1-4H2/t5-,6+/m1/s1. The number of ether oxygens (including phenoxy) is 1. The molecular weight excluding hydrogens is 102 g/mol. The molecule has 0 unspecified atom stereocenters. The van der Waals surface area contributed by atoms with Gasteiger partial charge in [0.05, 0.1) is 6.10 Å². The summed E-state index contributed by atoms with van der Waals surface area (Å²) in [4.78, 5) is 0. The first-order chi connectivity index (χ1) is 3.97. The van der Waals surface area contributed by atoms with Crippen LogP contribution in [-0.4, -0.2) is 25.8 Å². The molecule has 0 aromatic heterocycles. The van der Waals surface area contributed by atoms with Gasteiger partial charge >= 0.3 is 0 Å². The van der Waals surface area contributed by atoms with Gasteiger partial charge in [-0.2, -0.15) is 0 Å². The summed E-state index contributed by atoms with van der Waals surface area (Å²) in [5.41, 5.74) is 0. The molecule has 0 amide bonds. The first-order valence-corrected chi connectivity index (χ1v) is 3.29. The third kappa shape index (κ3) is 0.565. The van der Waals surface area contributed by atoms with E-state index in [0.717, 1.165) is 19.1 Å². The van der Waals surface area contributed by atoms with E-state index < -0.39 is 0 Å². The zero-order chi connectivity index (χ0) is 5.40. The lowest BCUT2D eigenvalue weighted by atomic mass is 10.1. The van der Waals surface area contributed by atoms with Crippen LogP contribution in [0.1, 0.15) is 6.42 Å². The minimum absolute atomic E-state index is 0.565. The Hall–Kier alpha value is -0.0800. The largest absolute Gasteiger partial charge is 0.377 e. The number of rotatable bonds is 0. The summed E-state index contributed by atoms with van der Waals surface area (Å²) >= 11 is 0. The minimum Gasteiger partial charge on any atom is -0.377 e. The summed E-state index contributed by atoms with van der Waals surface area (Å²) in [5, 5.41) is 3.30. The van der Waals surface area contributed by atoms with E-state index in [2.05, 4.69) is 5.32 Å². The van der Waals surface area contributed by atoms with E-state index in [1.54, 1.807) is 0 Å². The number of hydrogen-bond acceptors (Lipinski definition) is 2. The lowest BCUT2D eigenvalue weighted by Crippen LogP contribution is -2.14. The second kappa shape index (κ2) is 1.71. The first kappa shape index (κ1) is 4.77. The summed E-state index contributed by atoms with van der Waals surface area (Å²) in [7, 11) is 0. The average Bonchev–Trinajstić information content (AvgIpc) is 2.15. The van der Waals surface area contributed by atoms with Gasteiger partial charge in [-0.25, -0.2) is 0 Å². The molecule has 0 saturated carbocycles. The normalized spacial score (nSPS) is 45.0. The maximum Gasteiger partial charge on any atom is 0.0740 e. The van der Waals surface area contributed by atoms with Crippen LogP contribution < -0.4 is 5.32 Å². The van der Waals surface area contributed by atoms with Gasteiger partial charge in [-0.3, -0.25) is 0 Å². The van der Waals surface area contributed by atoms with Crippen molar-refractivity contribution < 1.29 is 4.74 Å². The van der Waals surface area contributed by atoms with Crippen LogP contribution in [0.3, 0.4) is 0 Å². The molecule has 0 aromatic carbocycles. The van der Waals surface area contributed by atoms with E-state index in [4.69, 9.17) is 4.74 Å². The van der Waals surface area contributed by atoms with E-state index >= 15 is 0 Å². The van der Waals surface area contributed by atoms with Crippen LogP contribution in [0.15, 0.2) is 0 Å². The quantitative estimate of drug-likeness (QED) is 0.477. The molecule has 46 valence electrons. The van der Waals surface area contributed by atoms with Gasteiger partial charge in [-0.05, 0) is 6.42 Å². The van der Waals surface area contributed by atoms with Crippen LogP contribution in [-0.2, 0) is 4.74 Å². The van der Waals surface area contributed by atoms with E-state index in [1.165, 1.54) is 13.0 Å². The van der Waals surface area contributed by atoms with E-state index in [1.807, 2.05) is 0 Å². The predicted molar refractivity (Wildman–Crippen MR) is 30.7 cm³/mol. The summed E-state index contributed by atoms with van der Waals surface area (Å²) < 4.78 is 5.41. The number of fused-ring (bicyclic) bond motifs is 1. The van der Waals surface area contributed by atoms with Gasteiger partial charge in [0.1, 0.15) is 0 Å². The minimum atomic E-state index is 0.565. The van der Waals surface area contributed by atoms with Crippen molar-refractivity contribution in [3.05, 3.63) is 0 Å². The molecule has 2 nitrogen and oxygen atoms in total. The Morgan fingerprint density at radius 3 is 3.25 bits per heavy atom. The van der Waals surface area contributed by atoms with Gasteiger partial charge in [0.25, 0.3) is 0 Å². The maximum atomic E-state index is 5.41. The van der Waals surface area contributed by atoms with Crippen LogP contribution >= 0.6 is 0 Å². The molecule has 0 aliphatic carbocycles. The molecule has 2 heteroatoms. The molecule has 0 spiro atoms. The van der Waals surface area contributed by atoms with Crippen molar-refractivity contribution >= 4 is 0 Å². The van der Waals surface area contributed by atoms with Crippen molar-refractivity contribution in [2.24, 2.45) is 5.92 Å². The fraction of sp³-hybridized carbons (Fsp3) is 1.00. The third-order valence-corrected chi connectivity index (χ3v) is 2.10. The van der Waals surface area contributed by atoms with Crippen LogP contribution in [0.2, 0.25) is 0 Å². The molecule has 0 aromatic rings. The molecule has 8 heavy (non-hydrogen) atoms. The third-order valence-electron chi connectivity index (χ3n) is 2.10. The Kier molecular flexibility index (Phi) is 1.02. The average molecular weight is 113 g/mol. The Morgan fingerprint density at radius 2 is 2.38 bits per heavy atom. The molecule has 2 heterocycles. The fourth-order valence-electron chi connectivity index (χ4n) is 1.56. The topological polar surface area (TPSA) is 21.3 Å². The molecular formula is C6H11NO. The Bertz CT molecular complexity index is 74.5. The van der Waals surface area contributed by atoms with Crippen LogP contribution in [0, 0.1) is 5.92 Å². The SMILES string of the molecule is C1C[C@@H]2CNC[C@@H]2O1. The Labute approximate surface area is 49.2 Å². The van der Waals surface area contributed by atoms with Gasteiger partial charge in [-0.15, -0.1) is 0 Å². The second-order valence-electron chi connectivity index (χ2n) is 2.62. The Balaban J connectivity index is 2.04. The summed E-state index contributed by atoms with van der Waals surface area (Å²) in [6.45, 7) is 3.27. The van der Waals surface area contributed by atoms with Crippen LogP contribution in [0.25, 0.3) is 0 Å². The van der Waals surface area contributed by atoms with Gasteiger partial charge in [0, 0.05) is 25.6 Å². The van der Waals surface area contributed by atoms with Gasteiger partial charge in [0.15, 0.2) is 0 Å². The number of hydrogen-bond donors (Lipinski definition) is 1. The van der Waals surface area contributed by atoms with Crippen molar-refractivity contribution in [1.29, 1.82) is 0 Å². The van der Waals surface area contributed by atoms with Crippen molar-refractivity contribution in [3.63, 3.8) is 0 Å². The molecule has 1 N–H and O–H groups in total.